The third-order valence-electron chi connectivity index (χ3n) is 3.68. The molecule has 1 heterocycles. The standard InChI is InChI=1S/C14H27N3O.ClH/c1-4-8-16-14(18)12(3)17-9-6-13(7-10-17)11-15-5-2;/h4,12-13,15H,1,5-11H2,2-3H3,(H,16,18);1H. The summed E-state index contributed by atoms with van der Waals surface area (Å²) in [6.45, 7) is 12.5. The Morgan fingerprint density at radius 2 is 2.11 bits per heavy atom. The molecule has 0 aromatic heterocycles. The molecule has 2 N–H and O–H groups in total. The Balaban J connectivity index is 0.00000324. The fourth-order valence-electron chi connectivity index (χ4n) is 2.38. The highest BCUT2D eigenvalue weighted by Crippen LogP contribution is 2.18. The fraction of sp³-hybridized carbons (Fsp3) is 0.786. The number of hydrogen-bond donors (Lipinski definition) is 2. The molecular weight excluding hydrogens is 262 g/mol. The minimum atomic E-state index is -0.0231. The van der Waals surface area contributed by atoms with Gasteiger partial charge in [0.1, 0.15) is 0 Å². The molecule has 0 spiro atoms. The highest BCUT2D eigenvalue weighted by Gasteiger charge is 2.25. The van der Waals surface area contributed by atoms with E-state index in [4.69, 9.17) is 0 Å². The van der Waals surface area contributed by atoms with Crippen LogP contribution in [0.1, 0.15) is 26.7 Å². The van der Waals surface area contributed by atoms with Gasteiger partial charge in [0.05, 0.1) is 6.04 Å². The molecule has 0 aromatic carbocycles. The number of hydrogen-bond acceptors (Lipinski definition) is 3. The maximum atomic E-state index is 11.8. The normalized spacial score (nSPS) is 18.4. The average molecular weight is 290 g/mol. The summed E-state index contributed by atoms with van der Waals surface area (Å²) in [5.41, 5.74) is 0. The van der Waals surface area contributed by atoms with E-state index in [9.17, 15) is 4.79 Å². The summed E-state index contributed by atoms with van der Waals surface area (Å²) in [6, 6.07) is -0.0231. The largest absolute Gasteiger partial charge is 0.351 e. The Morgan fingerprint density at radius 1 is 1.47 bits per heavy atom. The first kappa shape index (κ1) is 18.4. The predicted molar refractivity (Wildman–Crippen MR) is 82.8 cm³/mol. The smallest absolute Gasteiger partial charge is 0.237 e. The fourth-order valence-corrected chi connectivity index (χ4v) is 2.38. The highest BCUT2D eigenvalue weighted by molar-refractivity contribution is 5.85. The molecule has 0 bridgehead atoms. The van der Waals surface area contributed by atoms with Crippen LogP contribution in [0.15, 0.2) is 12.7 Å². The molecule has 0 saturated carbocycles. The van der Waals surface area contributed by atoms with E-state index in [0.29, 0.717) is 6.54 Å². The van der Waals surface area contributed by atoms with E-state index in [1.807, 2.05) is 6.92 Å². The lowest BCUT2D eigenvalue weighted by Gasteiger charge is -2.35. The third kappa shape index (κ3) is 6.41. The van der Waals surface area contributed by atoms with Gasteiger partial charge in [-0.15, -0.1) is 19.0 Å². The van der Waals surface area contributed by atoms with Gasteiger partial charge < -0.3 is 10.6 Å². The van der Waals surface area contributed by atoms with Crippen molar-refractivity contribution in [1.29, 1.82) is 0 Å². The maximum absolute atomic E-state index is 11.8. The van der Waals surface area contributed by atoms with E-state index >= 15 is 0 Å². The second-order valence-corrected chi connectivity index (χ2v) is 5.00. The lowest BCUT2D eigenvalue weighted by Crippen LogP contribution is -2.49. The molecule has 1 aliphatic rings. The zero-order valence-corrected chi connectivity index (χ0v) is 13.0. The van der Waals surface area contributed by atoms with Crippen molar-refractivity contribution in [3.63, 3.8) is 0 Å². The number of carbonyl (C=O) groups is 1. The summed E-state index contributed by atoms with van der Waals surface area (Å²) in [7, 11) is 0. The number of nitrogens with one attached hydrogen (secondary N) is 2. The molecular formula is C14H28ClN3O. The number of likely N-dealkylation sites (tertiary alicyclic amines) is 1. The predicted octanol–water partition coefficient (Wildman–Crippen LogP) is 1.42. The molecule has 1 fully saturated rings. The topological polar surface area (TPSA) is 44.4 Å². The molecule has 19 heavy (non-hydrogen) atoms. The van der Waals surface area contributed by atoms with Gasteiger partial charge in [0.15, 0.2) is 0 Å². The number of nitrogens with zero attached hydrogens (tertiary/aromatic N) is 1. The monoisotopic (exact) mass is 289 g/mol. The molecule has 5 heteroatoms. The molecule has 112 valence electrons. The van der Waals surface area contributed by atoms with Gasteiger partial charge in [-0.2, -0.15) is 0 Å². The van der Waals surface area contributed by atoms with Crippen LogP contribution in [-0.4, -0.2) is 49.6 Å². The molecule has 1 amide bonds. The minimum absolute atomic E-state index is 0. The zero-order valence-electron chi connectivity index (χ0n) is 12.2. The van der Waals surface area contributed by atoms with Crippen molar-refractivity contribution in [2.24, 2.45) is 5.92 Å². The summed E-state index contributed by atoms with van der Waals surface area (Å²) in [4.78, 5) is 14.1. The molecule has 1 saturated heterocycles. The molecule has 0 aromatic rings. The van der Waals surface area contributed by atoms with E-state index in [2.05, 4.69) is 29.0 Å². The third-order valence-corrected chi connectivity index (χ3v) is 3.68. The van der Waals surface area contributed by atoms with Gasteiger partial charge in [-0.1, -0.05) is 13.0 Å². The van der Waals surface area contributed by atoms with Crippen LogP contribution in [0, 0.1) is 5.92 Å². The second kappa shape index (κ2) is 10.2. The average Bonchev–Trinajstić information content (AvgIpc) is 2.42. The van der Waals surface area contributed by atoms with Crippen molar-refractivity contribution in [3.8, 4) is 0 Å². The number of rotatable bonds is 7. The van der Waals surface area contributed by atoms with Gasteiger partial charge in [-0.3, -0.25) is 9.69 Å². The molecule has 0 radical (unpaired) electrons. The van der Waals surface area contributed by atoms with Crippen molar-refractivity contribution >= 4 is 18.3 Å². The van der Waals surface area contributed by atoms with E-state index in [1.54, 1.807) is 6.08 Å². The summed E-state index contributed by atoms with van der Waals surface area (Å²) in [5, 5.41) is 6.27. The maximum Gasteiger partial charge on any atom is 0.237 e. The summed E-state index contributed by atoms with van der Waals surface area (Å²) in [6.07, 6.45) is 4.09. The van der Waals surface area contributed by atoms with Crippen LogP contribution in [0.3, 0.4) is 0 Å². The number of piperidine rings is 1. The van der Waals surface area contributed by atoms with Gasteiger partial charge in [0.2, 0.25) is 5.91 Å². The number of amides is 1. The molecule has 1 atom stereocenters. The van der Waals surface area contributed by atoms with Gasteiger partial charge in [-0.05, 0) is 51.9 Å². The van der Waals surface area contributed by atoms with Crippen molar-refractivity contribution in [3.05, 3.63) is 12.7 Å². The lowest BCUT2D eigenvalue weighted by atomic mass is 9.95. The Morgan fingerprint density at radius 3 is 2.63 bits per heavy atom. The van der Waals surface area contributed by atoms with Gasteiger partial charge in [-0.25, -0.2) is 0 Å². The number of carbonyl (C=O) groups excluding carboxylic acids is 1. The second-order valence-electron chi connectivity index (χ2n) is 5.00. The van der Waals surface area contributed by atoms with Gasteiger partial charge in [0, 0.05) is 6.54 Å². The molecule has 1 aliphatic heterocycles. The molecule has 0 aliphatic carbocycles. The molecule has 1 rings (SSSR count). The lowest BCUT2D eigenvalue weighted by molar-refractivity contribution is -0.126. The highest BCUT2D eigenvalue weighted by atomic mass is 35.5. The minimum Gasteiger partial charge on any atom is -0.351 e. The van der Waals surface area contributed by atoms with Crippen LogP contribution in [-0.2, 0) is 4.79 Å². The zero-order chi connectivity index (χ0) is 13.4. The molecule has 4 nitrogen and oxygen atoms in total. The first-order valence-electron chi connectivity index (χ1n) is 7.02. The Labute approximate surface area is 123 Å². The van der Waals surface area contributed by atoms with Crippen LogP contribution in [0.5, 0.6) is 0 Å². The van der Waals surface area contributed by atoms with Crippen molar-refractivity contribution in [2.45, 2.75) is 32.7 Å². The SMILES string of the molecule is C=CCNC(=O)C(C)N1CCC(CNCC)CC1.Cl. The van der Waals surface area contributed by atoms with Gasteiger partial charge >= 0.3 is 0 Å². The summed E-state index contributed by atoms with van der Waals surface area (Å²) in [5.74, 6) is 0.879. The van der Waals surface area contributed by atoms with Crippen LogP contribution in [0.4, 0.5) is 0 Å². The van der Waals surface area contributed by atoms with E-state index < -0.39 is 0 Å². The van der Waals surface area contributed by atoms with Crippen molar-refractivity contribution < 1.29 is 4.79 Å². The number of halogens is 1. The Hall–Kier alpha value is -0.580. The van der Waals surface area contributed by atoms with Crippen molar-refractivity contribution in [2.75, 3.05) is 32.7 Å². The van der Waals surface area contributed by atoms with Gasteiger partial charge in [0.25, 0.3) is 0 Å². The first-order valence-corrected chi connectivity index (χ1v) is 7.02. The van der Waals surface area contributed by atoms with Crippen LogP contribution >= 0.6 is 12.4 Å². The Bertz CT molecular complexity index is 265. The van der Waals surface area contributed by atoms with E-state index in [1.165, 1.54) is 12.8 Å². The van der Waals surface area contributed by atoms with Crippen LogP contribution in [0.25, 0.3) is 0 Å². The van der Waals surface area contributed by atoms with Crippen LogP contribution in [0.2, 0.25) is 0 Å². The molecule has 1 unspecified atom stereocenters. The van der Waals surface area contributed by atoms with E-state index in [0.717, 1.165) is 32.1 Å². The first-order chi connectivity index (χ1) is 8.69. The summed E-state index contributed by atoms with van der Waals surface area (Å²) < 4.78 is 0. The Kier molecular flexibility index (Phi) is 9.92. The summed E-state index contributed by atoms with van der Waals surface area (Å²) >= 11 is 0. The van der Waals surface area contributed by atoms with E-state index in [-0.39, 0.29) is 24.4 Å². The van der Waals surface area contributed by atoms with Crippen molar-refractivity contribution in [1.82, 2.24) is 15.5 Å². The van der Waals surface area contributed by atoms with Crippen LogP contribution < -0.4 is 10.6 Å². The quantitative estimate of drug-likeness (QED) is 0.697.